The number of hydrogen-bond donors (Lipinski definition) is 1. The topological polar surface area (TPSA) is 55.4 Å². The van der Waals surface area contributed by atoms with Crippen LogP contribution in [0.25, 0.3) is 0 Å². The van der Waals surface area contributed by atoms with Gasteiger partial charge in [0.25, 0.3) is 5.91 Å². The molecule has 0 fully saturated rings. The van der Waals surface area contributed by atoms with E-state index >= 15 is 0 Å². The maximum atomic E-state index is 13.5. The summed E-state index contributed by atoms with van der Waals surface area (Å²) >= 11 is 0. The van der Waals surface area contributed by atoms with Crippen LogP contribution >= 0.6 is 0 Å². The summed E-state index contributed by atoms with van der Waals surface area (Å²) in [6.45, 7) is 3.43. The molecule has 0 radical (unpaired) electrons. The lowest BCUT2D eigenvalue weighted by atomic mass is 9.97. The molecule has 0 aromatic heterocycles. The first-order valence-electron chi connectivity index (χ1n) is 7.94. The second kappa shape index (κ2) is 8.37. The van der Waals surface area contributed by atoms with Gasteiger partial charge in [0, 0.05) is 5.69 Å². The molecule has 0 spiro atoms. The Hall–Kier alpha value is -2.76. The Balaban J connectivity index is 2.01. The number of carbonyl (C=O) groups excluding carboxylic acids is 2. The highest BCUT2D eigenvalue weighted by Crippen LogP contribution is 2.26. The van der Waals surface area contributed by atoms with Gasteiger partial charge in [0.15, 0.2) is 6.61 Å². The highest BCUT2D eigenvalue weighted by atomic mass is 19.1. The fraction of sp³-hybridized carbons (Fsp3) is 0.263. The number of benzene rings is 2. The van der Waals surface area contributed by atoms with Gasteiger partial charge in [-0.05, 0) is 36.1 Å². The van der Waals surface area contributed by atoms with Crippen molar-refractivity contribution in [1.29, 1.82) is 0 Å². The minimum Gasteiger partial charge on any atom is -0.452 e. The minimum absolute atomic E-state index is 0.242. The second-order valence-electron chi connectivity index (χ2n) is 5.62. The predicted molar refractivity (Wildman–Crippen MR) is 90.4 cm³/mol. The van der Waals surface area contributed by atoms with Crippen molar-refractivity contribution in [2.24, 2.45) is 0 Å². The van der Waals surface area contributed by atoms with Crippen LogP contribution in [-0.2, 0) is 9.53 Å². The molecule has 2 rings (SSSR count). The summed E-state index contributed by atoms with van der Waals surface area (Å²) in [4.78, 5) is 23.8. The van der Waals surface area contributed by atoms with E-state index in [4.69, 9.17) is 4.74 Å². The van der Waals surface area contributed by atoms with E-state index in [1.807, 2.05) is 26.0 Å². The Morgan fingerprint density at radius 1 is 1.08 bits per heavy atom. The van der Waals surface area contributed by atoms with Gasteiger partial charge in [-0.2, -0.15) is 0 Å². The van der Waals surface area contributed by atoms with Gasteiger partial charge >= 0.3 is 5.97 Å². The fourth-order valence-electron chi connectivity index (χ4n) is 2.34. The Bertz CT molecular complexity index is 757. The van der Waals surface area contributed by atoms with E-state index in [2.05, 4.69) is 5.32 Å². The molecule has 0 saturated carbocycles. The standard InChI is InChI=1S/C19H19F2NO3/c1-3-12(2)13-7-4-5-10-16(13)22-17(23)11-25-19(24)18-14(20)8-6-9-15(18)21/h4-10,12H,3,11H2,1-2H3,(H,22,23)/t12-/m0/s1. The molecule has 4 nitrogen and oxygen atoms in total. The monoisotopic (exact) mass is 347 g/mol. The Morgan fingerprint density at radius 2 is 1.72 bits per heavy atom. The first kappa shape index (κ1) is 18.6. The van der Waals surface area contributed by atoms with E-state index < -0.39 is 35.7 Å². The molecule has 0 bridgehead atoms. The zero-order valence-electron chi connectivity index (χ0n) is 14.0. The Kier molecular flexibility index (Phi) is 6.22. The molecule has 0 aliphatic rings. The Morgan fingerprint density at radius 3 is 2.36 bits per heavy atom. The third-order valence-corrected chi connectivity index (χ3v) is 3.88. The zero-order chi connectivity index (χ0) is 18.4. The summed E-state index contributed by atoms with van der Waals surface area (Å²) in [5.41, 5.74) is 0.773. The largest absolute Gasteiger partial charge is 0.452 e. The summed E-state index contributed by atoms with van der Waals surface area (Å²) in [6, 6.07) is 10.3. The molecule has 0 unspecified atom stereocenters. The van der Waals surface area contributed by atoms with Crippen molar-refractivity contribution < 1.29 is 23.1 Å². The van der Waals surface area contributed by atoms with Crippen LogP contribution in [0.1, 0.15) is 42.1 Å². The number of amides is 1. The van der Waals surface area contributed by atoms with E-state index in [1.54, 1.807) is 12.1 Å². The summed E-state index contributed by atoms with van der Waals surface area (Å²) in [5.74, 6) is -3.63. The number of ether oxygens (including phenoxy) is 1. The average Bonchev–Trinajstić information content (AvgIpc) is 2.59. The molecule has 132 valence electrons. The second-order valence-corrected chi connectivity index (χ2v) is 5.62. The van der Waals surface area contributed by atoms with Gasteiger partial charge in [-0.3, -0.25) is 4.79 Å². The maximum absolute atomic E-state index is 13.5. The first-order valence-corrected chi connectivity index (χ1v) is 7.94. The van der Waals surface area contributed by atoms with Crippen LogP contribution in [0.2, 0.25) is 0 Å². The van der Waals surface area contributed by atoms with Gasteiger partial charge in [0.1, 0.15) is 17.2 Å². The predicted octanol–water partition coefficient (Wildman–Crippen LogP) is 4.27. The minimum atomic E-state index is -1.22. The molecule has 2 aromatic carbocycles. The summed E-state index contributed by atoms with van der Waals surface area (Å²) in [6.07, 6.45) is 0.897. The quantitative estimate of drug-likeness (QED) is 0.794. The molecule has 0 heterocycles. The highest BCUT2D eigenvalue weighted by Gasteiger charge is 2.20. The molecule has 2 aromatic rings. The molecule has 0 saturated heterocycles. The number of carbonyl (C=O) groups is 2. The first-order chi connectivity index (χ1) is 11.9. The van der Waals surface area contributed by atoms with Crippen LogP contribution in [-0.4, -0.2) is 18.5 Å². The normalized spacial score (nSPS) is 11.7. The van der Waals surface area contributed by atoms with E-state index in [-0.39, 0.29) is 5.92 Å². The average molecular weight is 347 g/mol. The van der Waals surface area contributed by atoms with Gasteiger partial charge in [-0.1, -0.05) is 38.1 Å². The lowest BCUT2D eigenvalue weighted by molar-refractivity contribution is -0.119. The molecule has 25 heavy (non-hydrogen) atoms. The van der Waals surface area contributed by atoms with Crippen molar-refractivity contribution in [1.82, 2.24) is 0 Å². The third-order valence-electron chi connectivity index (χ3n) is 3.88. The lowest BCUT2D eigenvalue weighted by Gasteiger charge is -2.15. The number of halogens is 2. The van der Waals surface area contributed by atoms with Gasteiger partial charge in [0.2, 0.25) is 0 Å². The van der Waals surface area contributed by atoms with Gasteiger partial charge in [-0.25, -0.2) is 13.6 Å². The van der Waals surface area contributed by atoms with Crippen molar-refractivity contribution in [3.8, 4) is 0 Å². The molecule has 0 aliphatic heterocycles. The van der Waals surface area contributed by atoms with Crippen molar-refractivity contribution in [3.05, 3.63) is 65.2 Å². The number of rotatable bonds is 6. The van der Waals surface area contributed by atoms with Gasteiger partial charge < -0.3 is 10.1 Å². The van der Waals surface area contributed by atoms with Crippen LogP contribution in [0.3, 0.4) is 0 Å². The van der Waals surface area contributed by atoms with Crippen LogP contribution in [0.5, 0.6) is 0 Å². The summed E-state index contributed by atoms with van der Waals surface area (Å²) in [5, 5.41) is 2.66. The molecule has 1 amide bonds. The smallest absolute Gasteiger partial charge is 0.344 e. The highest BCUT2D eigenvalue weighted by molar-refractivity contribution is 5.96. The summed E-state index contributed by atoms with van der Waals surface area (Å²) in [7, 11) is 0. The van der Waals surface area contributed by atoms with Crippen molar-refractivity contribution in [3.63, 3.8) is 0 Å². The van der Waals surface area contributed by atoms with Crippen molar-refractivity contribution in [2.45, 2.75) is 26.2 Å². The number of para-hydroxylation sites is 1. The number of anilines is 1. The molecule has 1 atom stereocenters. The number of esters is 1. The number of nitrogens with one attached hydrogen (secondary N) is 1. The zero-order valence-corrected chi connectivity index (χ0v) is 14.0. The van der Waals surface area contributed by atoms with Gasteiger partial charge in [0.05, 0.1) is 0 Å². The molecule has 1 N–H and O–H groups in total. The fourth-order valence-corrected chi connectivity index (χ4v) is 2.34. The van der Waals surface area contributed by atoms with Crippen molar-refractivity contribution >= 4 is 17.6 Å². The van der Waals surface area contributed by atoms with E-state index in [0.29, 0.717) is 5.69 Å². The van der Waals surface area contributed by atoms with Crippen LogP contribution in [0, 0.1) is 11.6 Å². The maximum Gasteiger partial charge on any atom is 0.344 e. The third kappa shape index (κ3) is 4.62. The van der Waals surface area contributed by atoms with Gasteiger partial charge in [-0.15, -0.1) is 0 Å². The summed E-state index contributed by atoms with van der Waals surface area (Å²) < 4.78 is 31.7. The molecule has 6 heteroatoms. The molecule has 0 aliphatic carbocycles. The van der Waals surface area contributed by atoms with Crippen LogP contribution in [0.4, 0.5) is 14.5 Å². The van der Waals surface area contributed by atoms with E-state index in [0.717, 1.165) is 30.2 Å². The Labute approximate surface area is 144 Å². The van der Waals surface area contributed by atoms with Crippen LogP contribution in [0.15, 0.2) is 42.5 Å². The molecular weight excluding hydrogens is 328 g/mol. The SMILES string of the molecule is CC[C@H](C)c1ccccc1NC(=O)COC(=O)c1c(F)cccc1F. The van der Waals surface area contributed by atoms with Crippen LogP contribution < -0.4 is 5.32 Å². The van der Waals surface area contributed by atoms with E-state index in [1.165, 1.54) is 0 Å². The van der Waals surface area contributed by atoms with E-state index in [9.17, 15) is 18.4 Å². The molecular formula is C19H19F2NO3. The lowest BCUT2D eigenvalue weighted by Crippen LogP contribution is -2.22. The van der Waals surface area contributed by atoms with Crippen molar-refractivity contribution in [2.75, 3.05) is 11.9 Å². The number of hydrogen-bond acceptors (Lipinski definition) is 3.